The molecule has 1 unspecified atom stereocenters. The first-order valence-corrected chi connectivity index (χ1v) is 5.88. The van der Waals surface area contributed by atoms with Crippen LogP contribution >= 0.6 is 11.5 Å². The van der Waals surface area contributed by atoms with E-state index in [1.54, 1.807) is 0 Å². The summed E-state index contributed by atoms with van der Waals surface area (Å²) >= 11 is 1.42. The maximum Gasteiger partial charge on any atom is 0.0966 e. The van der Waals surface area contributed by atoms with Crippen LogP contribution in [0.2, 0.25) is 0 Å². The van der Waals surface area contributed by atoms with Crippen molar-refractivity contribution >= 4 is 11.5 Å². The predicted octanol–water partition coefficient (Wildman–Crippen LogP) is 2.30. The van der Waals surface area contributed by atoms with E-state index < -0.39 is 0 Å². The van der Waals surface area contributed by atoms with Crippen molar-refractivity contribution in [3.63, 3.8) is 0 Å². The van der Waals surface area contributed by atoms with Crippen LogP contribution in [0.4, 0.5) is 0 Å². The SMILES string of the molecule is CNC(C1=CCCCC1)c1csnn1. The van der Waals surface area contributed by atoms with Crippen molar-refractivity contribution in [2.75, 3.05) is 7.05 Å². The van der Waals surface area contributed by atoms with Crippen LogP contribution in [0.15, 0.2) is 17.0 Å². The van der Waals surface area contributed by atoms with Crippen LogP contribution in [0.5, 0.6) is 0 Å². The molecule has 1 atom stereocenters. The normalized spacial score (nSPS) is 19.1. The van der Waals surface area contributed by atoms with E-state index in [1.165, 1.54) is 42.8 Å². The number of rotatable bonds is 3. The molecular weight excluding hydrogens is 194 g/mol. The minimum atomic E-state index is 0.286. The summed E-state index contributed by atoms with van der Waals surface area (Å²) in [5.41, 5.74) is 2.54. The van der Waals surface area contributed by atoms with Crippen molar-refractivity contribution < 1.29 is 0 Å². The molecule has 1 aromatic rings. The Morgan fingerprint density at radius 1 is 1.50 bits per heavy atom. The molecule has 0 amide bonds. The van der Waals surface area contributed by atoms with Gasteiger partial charge in [0.15, 0.2) is 0 Å². The van der Waals surface area contributed by atoms with Gasteiger partial charge in [-0.1, -0.05) is 16.1 Å². The van der Waals surface area contributed by atoms with Crippen LogP contribution in [-0.2, 0) is 0 Å². The van der Waals surface area contributed by atoms with E-state index in [4.69, 9.17) is 0 Å². The lowest BCUT2D eigenvalue weighted by Gasteiger charge is -2.20. The smallest absolute Gasteiger partial charge is 0.0966 e. The first-order valence-electron chi connectivity index (χ1n) is 5.05. The highest BCUT2D eigenvalue weighted by Crippen LogP contribution is 2.28. The number of nitrogens with zero attached hydrogens (tertiary/aromatic N) is 2. The monoisotopic (exact) mass is 209 g/mol. The Labute approximate surface area is 88.4 Å². The molecule has 1 aromatic heterocycles. The molecule has 1 aliphatic rings. The molecule has 1 N–H and O–H groups in total. The lowest BCUT2D eigenvalue weighted by Crippen LogP contribution is -2.20. The highest BCUT2D eigenvalue weighted by atomic mass is 32.1. The van der Waals surface area contributed by atoms with Gasteiger partial charge < -0.3 is 5.32 Å². The number of hydrogen-bond donors (Lipinski definition) is 1. The standard InChI is InChI=1S/C10H15N3S/c1-11-10(9-7-14-13-12-9)8-5-3-2-4-6-8/h5,7,10-11H,2-4,6H2,1H3. The first kappa shape index (κ1) is 9.80. The number of likely N-dealkylation sites (N-methyl/N-ethyl adjacent to an activating group) is 1. The van der Waals surface area contributed by atoms with Crippen LogP contribution in [0.1, 0.15) is 37.4 Å². The molecule has 0 saturated heterocycles. The average molecular weight is 209 g/mol. The molecule has 3 nitrogen and oxygen atoms in total. The highest BCUT2D eigenvalue weighted by molar-refractivity contribution is 7.03. The summed E-state index contributed by atoms with van der Waals surface area (Å²) in [4.78, 5) is 0. The highest BCUT2D eigenvalue weighted by Gasteiger charge is 2.18. The average Bonchev–Trinajstić information content (AvgIpc) is 2.74. The third-order valence-corrected chi connectivity index (χ3v) is 3.18. The summed E-state index contributed by atoms with van der Waals surface area (Å²) in [6, 6.07) is 0.286. The molecular formula is C10H15N3S. The molecule has 0 saturated carbocycles. The zero-order valence-electron chi connectivity index (χ0n) is 8.36. The third-order valence-electron chi connectivity index (χ3n) is 2.66. The predicted molar refractivity (Wildman–Crippen MR) is 58.3 cm³/mol. The third kappa shape index (κ3) is 2.01. The molecule has 0 bridgehead atoms. The lowest BCUT2D eigenvalue weighted by atomic mass is 9.93. The van der Waals surface area contributed by atoms with Gasteiger partial charge in [0.05, 0.1) is 11.7 Å². The Morgan fingerprint density at radius 3 is 3.00 bits per heavy atom. The van der Waals surface area contributed by atoms with E-state index >= 15 is 0 Å². The van der Waals surface area contributed by atoms with Crippen molar-refractivity contribution in [2.45, 2.75) is 31.7 Å². The largest absolute Gasteiger partial charge is 0.308 e. The number of nitrogens with one attached hydrogen (secondary N) is 1. The second-order valence-electron chi connectivity index (χ2n) is 3.58. The van der Waals surface area contributed by atoms with Crippen molar-refractivity contribution in [3.05, 3.63) is 22.7 Å². The van der Waals surface area contributed by atoms with Gasteiger partial charge >= 0.3 is 0 Å². The van der Waals surface area contributed by atoms with E-state index in [1.807, 2.05) is 12.4 Å². The van der Waals surface area contributed by atoms with E-state index in [0.29, 0.717) is 0 Å². The molecule has 76 valence electrons. The zero-order chi connectivity index (χ0) is 9.80. The maximum atomic E-state index is 4.13. The molecule has 1 heterocycles. The minimum absolute atomic E-state index is 0.286. The molecule has 1 aliphatic carbocycles. The van der Waals surface area contributed by atoms with Gasteiger partial charge in [0.25, 0.3) is 0 Å². The quantitative estimate of drug-likeness (QED) is 0.776. The van der Waals surface area contributed by atoms with Crippen molar-refractivity contribution in [1.29, 1.82) is 0 Å². The Hall–Kier alpha value is -0.740. The van der Waals surface area contributed by atoms with E-state index in [2.05, 4.69) is 21.0 Å². The molecule has 0 spiro atoms. The number of hydrogen-bond acceptors (Lipinski definition) is 4. The number of aromatic nitrogens is 2. The summed E-state index contributed by atoms with van der Waals surface area (Å²) in [5, 5.41) is 9.46. The fourth-order valence-corrected chi connectivity index (χ4v) is 2.43. The van der Waals surface area contributed by atoms with Crippen LogP contribution < -0.4 is 5.32 Å². The second-order valence-corrected chi connectivity index (χ2v) is 4.19. The first-order chi connectivity index (χ1) is 6.92. The van der Waals surface area contributed by atoms with Crippen LogP contribution in [0, 0.1) is 0 Å². The van der Waals surface area contributed by atoms with Crippen LogP contribution in [0.3, 0.4) is 0 Å². The molecule has 0 aromatic carbocycles. The summed E-state index contributed by atoms with van der Waals surface area (Å²) in [7, 11) is 1.99. The molecule has 14 heavy (non-hydrogen) atoms. The fourth-order valence-electron chi connectivity index (χ4n) is 1.95. The summed E-state index contributed by atoms with van der Waals surface area (Å²) in [6.45, 7) is 0. The van der Waals surface area contributed by atoms with Crippen molar-refractivity contribution in [2.24, 2.45) is 0 Å². The molecule has 0 fully saturated rings. The Morgan fingerprint density at radius 2 is 2.43 bits per heavy atom. The summed E-state index contributed by atoms with van der Waals surface area (Å²) in [5.74, 6) is 0. The molecule has 0 radical (unpaired) electrons. The van der Waals surface area contributed by atoms with Crippen molar-refractivity contribution in [3.8, 4) is 0 Å². The summed E-state index contributed by atoms with van der Waals surface area (Å²) in [6.07, 6.45) is 7.40. The van der Waals surface area contributed by atoms with Gasteiger partial charge in [-0.25, -0.2) is 0 Å². The minimum Gasteiger partial charge on any atom is -0.308 e. The Balaban J connectivity index is 2.16. The number of allylic oxidation sites excluding steroid dienone is 1. The van der Waals surface area contributed by atoms with E-state index in [9.17, 15) is 0 Å². The Bertz CT molecular complexity index is 305. The summed E-state index contributed by atoms with van der Waals surface area (Å²) < 4.78 is 3.91. The molecule has 0 aliphatic heterocycles. The van der Waals surface area contributed by atoms with Gasteiger partial charge in [-0.3, -0.25) is 0 Å². The topological polar surface area (TPSA) is 37.8 Å². The van der Waals surface area contributed by atoms with Crippen molar-refractivity contribution in [1.82, 2.24) is 14.9 Å². The second kappa shape index (κ2) is 4.66. The molecule has 4 heteroatoms. The van der Waals surface area contributed by atoms with E-state index in [0.717, 1.165) is 5.69 Å². The van der Waals surface area contributed by atoms with Crippen LogP contribution in [-0.4, -0.2) is 16.6 Å². The van der Waals surface area contributed by atoms with Gasteiger partial charge in [0, 0.05) is 5.38 Å². The van der Waals surface area contributed by atoms with Gasteiger partial charge in [-0.15, -0.1) is 5.10 Å². The lowest BCUT2D eigenvalue weighted by molar-refractivity contribution is 0.582. The maximum absolute atomic E-state index is 4.13. The van der Waals surface area contributed by atoms with Gasteiger partial charge in [-0.05, 0) is 44.3 Å². The molecule has 2 rings (SSSR count). The zero-order valence-corrected chi connectivity index (χ0v) is 9.18. The Kier molecular flexibility index (Phi) is 3.26. The van der Waals surface area contributed by atoms with E-state index in [-0.39, 0.29) is 6.04 Å². The van der Waals surface area contributed by atoms with Gasteiger partial charge in [0.1, 0.15) is 0 Å². The van der Waals surface area contributed by atoms with Gasteiger partial charge in [-0.2, -0.15) is 0 Å². The van der Waals surface area contributed by atoms with Gasteiger partial charge in [0.2, 0.25) is 0 Å². The fraction of sp³-hybridized carbons (Fsp3) is 0.600. The van der Waals surface area contributed by atoms with Crippen LogP contribution in [0.25, 0.3) is 0 Å².